The van der Waals surface area contributed by atoms with Gasteiger partial charge in [0.05, 0.1) is 0 Å². The summed E-state index contributed by atoms with van der Waals surface area (Å²) >= 11 is 5.27. The van der Waals surface area contributed by atoms with Gasteiger partial charge in [0.15, 0.2) is 5.11 Å². The Morgan fingerprint density at radius 3 is 1.94 bits per heavy atom. The van der Waals surface area contributed by atoms with Crippen molar-refractivity contribution in [2.45, 2.75) is 20.8 Å². The maximum Gasteiger partial charge on any atom is 0.257 e. The number of hydrogen-bond acceptors (Lipinski definition) is 5. The summed E-state index contributed by atoms with van der Waals surface area (Å²) < 4.78 is 11.2. The lowest BCUT2D eigenvalue weighted by Crippen LogP contribution is -2.34. The van der Waals surface area contributed by atoms with E-state index in [9.17, 15) is 9.59 Å². The van der Waals surface area contributed by atoms with E-state index in [1.165, 1.54) is 0 Å². The minimum absolute atomic E-state index is 0.0957. The van der Waals surface area contributed by atoms with Crippen LogP contribution in [0, 0.1) is 5.41 Å². The number of carbonyl (C=O) groups is 2. The van der Waals surface area contributed by atoms with Gasteiger partial charge in [-0.2, -0.15) is 0 Å². The van der Waals surface area contributed by atoms with Crippen LogP contribution in [-0.4, -0.2) is 30.1 Å². The van der Waals surface area contributed by atoms with Crippen LogP contribution in [0.2, 0.25) is 0 Å². The first-order valence-electron chi connectivity index (χ1n) is 11.2. The van der Waals surface area contributed by atoms with E-state index in [1.807, 2.05) is 51.1 Å². The first-order valence-corrected chi connectivity index (χ1v) is 11.6. The highest BCUT2D eigenvalue weighted by atomic mass is 32.1. The molecule has 3 aromatic carbocycles. The molecule has 0 spiro atoms. The number of nitrogens with one attached hydrogen (secondary N) is 3. The van der Waals surface area contributed by atoms with Gasteiger partial charge in [0.25, 0.3) is 5.91 Å². The topological polar surface area (TPSA) is 88.7 Å². The lowest BCUT2D eigenvalue weighted by molar-refractivity contribution is -0.123. The van der Waals surface area contributed by atoms with Crippen LogP contribution >= 0.6 is 12.2 Å². The van der Waals surface area contributed by atoms with Crippen molar-refractivity contribution in [1.29, 1.82) is 0 Å². The van der Waals surface area contributed by atoms with Crippen molar-refractivity contribution in [2.75, 3.05) is 23.8 Å². The van der Waals surface area contributed by atoms with Crippen LogP contribution in [0.15, 0.2) is 78.9 Å². The molecular weight excluding hydrogens is 462 g/mol. The number of hydrogen-bond donors (Lipinski definition) is 3. The minimum Gasteiger partial charge on any atom is -0.490 e. The number of carbonyl (C=O) groups excluding carboxylic acids is 2. The lowest BCUT2D eigenvalue weighted by Gasteiger charge is -2.18. The highest BCUT2D eigenvalue weighted by molar-refractivity contribution is 7.80. The second-order valence-corrected chi connectivity index (χ2v) is 9.14. The van der Waals surface area contributed by atoms with Gasteiger partial charge in [0, 0.05) is 22.4 Å². The number of ether oxygens (including phenoxy) is 2. The zero-order valence-electron chi connectivity index (χ0n) is 20.0. The fourth-order valence-corrected chi connectivity index (χ4v) is 3.08. The third kappa shape index (κ3) is 8.42. The summed E-state index contributed by atoms with van der Waals surface area (Å²) in [5.74, 6) is 0.974. The summed E-state index contributed by atoms with van der Waals surface area (Å²) in [6.07, 6.45) is 0. The van der Waals surface area contributed by atoms with Gasteiger partial charge in [0.1, 0.15) is 24.7 Å². The van der Waals surface area contributed by atoms with Crippen molar-refractivity contribution in [3.05, 3.63) is 84.4 Å². The maximum atomic E-state index is 12.5. The van der Waals surface area contributed by atoms with Crippen LogP contribution in [0.5, 0.6) is 11.5 Å². The molecule has 0 radical (unpaired) electrons. The summed E-state index contributed by atoms with van der Waals surface area (Å²) in [6.45, 7) is 6.31. The zero-order valence-corrected chi connectivity index (χ0v) is 20.8. The largest absolute Gasteiger partial charge is 0.490 e. The van der Waals surface area contributed by atoms with Gasteiger partial charge >= 0.3 is 0 Å². The summed E-state index contributed by atoms with van der Waals surface area (Å²) in [5.41, 5.74) is 1.20. The average Bonchev–Trinajstić information content (AvgIpc) is 2.82. The number of thiocarbonyl (C=S) groups is 1. The molecule has 0 saturated carbocycles. The Hall–Kier alpha value is -3.91. The third-order valence-corrected chi connectivity index (χ3v) is 4.97. The molecule has 8 heteroatoms. The number of para-hydroxylation sites is 1. The van der Waals surface area contributed by atoms with Gasteiger partial charge in [-0.1, -0.05) is 45.0 Å². The quantitative estimate of drug-likeness (QED) is 0.294. The molecule has 7 nitrogen and oxygen atoms in total. The van der Waals surface area contributed by atoms with Crippen LogP contribution < -0.4 is 25.4 Å². The fourth-order valence-electron chi connectivity index (χ4n) is 2.87. The zero-order chi connectivity index (χ0) is 25.3. The molecular formula is C27H29N3O4S. The molecule has 0 heterocycles. The van der Waals surface area contributed by atoms with Crippen molar-refractivity contribution >= 4 is 40.5 Å². The maximum absolute atomic E-state index is 12.5. The molecule has 182 valence electrons. The molecule has 35 heavy (non-hydrogen) atoms. The standard InChI is InChI=1S/C27H29N3O4S/c1-27(2,3)25(32)28-20-8-7-9-21(18-20)29-26(35)30-24(31)19-12-14-23(15-13-19)34-17-16-33-22-10-5-4-6-11-22/h4-15,18H,16-17H2,1-3H3,(H,28,32)(H2,29,30,31,35). The van der Waals surface area contributed by atoms with Crippen molar-refractivity contribution in [3.8, 4) is 11.5 Å². The molecule has 0 bridgehead atoms. The molecule has 0 atom stereocenters. The number of benzene rings is 3. The molecule has 0 aromatic heterocycles. The van der Waals surface area contributed by atoms with E-state index in [1.54, 1.807) is 48.5 Å². The monoisotopic (exact) mass is 491 g/mol. The number of anilines is 2. The van der Waals surface area contributed by atoms with E-state index < -0.39 is 5.41 Å². The van der Waals surface area contributed by atoms with Crippen molar-refractivity contribution in [3.63, 3.8) is 0 Å². The molecule has 3 N–H and O–H groups in total. The van der Waals surface area contributed by atoms with E-state index >= 15 is 0 Å². The summed E-state index contributed by atoms with van der Waals surface area (Å²) in [6, 6.07) is 23.4. The lowest BCUT2D eigenvalue weighted by atomic mass is 9.95. The van der Waals surface area contributed by atoms with Crippen LogP contribution in [-0.2, 0) is 4.79 Å². The van der Waals surface area contributed by atoms with Crippen molar-refractivity contribution in [2.24, 2.45) is 5.41 Å². The van der Waals surface area contributed by atoms with Gasteiger partial charge in [-0.25, -0.2) is 0 Å². The Morgan fingerprint density at radius 1 is 0.771 bits per heavy atom. The number of amides is 2. The van der Waals surface area contributed by atoms with E-state index in [0.717, 1.165) is 5.75 Å². The molecule has 0 unspecified atom stereocenters. The van der Waals surface area contributed by atoms with E-state index in [4.69, 9.17) is 21.7 Å². The van der Waals surface area contributed by atoms with Crippen LogP contribution in [0.4, 0.5) is 11.4 Å². The highest BCUT2D eigenvalue weighted by Crippen LogP contribution is 2.20. The van der Waals surface area contributed by atoms with Gasteiger partial charge in [-0.3, -0.25) is 14.9 Å². The molecule has 0 aliphatic rings. The number of rotatable bonds is 8. The second-order valence-electron chi connectivity index (χ2n) is 8.73. The molecule has 3 aromatic rings. The minimum atomic E-state index is -0.511. The Labute approximate surface area is 210 Å². The first-order chi connectivity index (χ1) is 16.7. The molecule has 0 fully saturated rings. The Kier molecular flexibility index (Phi) is 8.80. The van der Waals surface area contributed by atoms with Crippen molar-refractivity contribution < 1.29 is 19.1 Å². The van der Waals surface area contributed by atoms with Gasteiger partial charge < -0.3 is 20.1 Å². The first kappa shape index (κ1) is 25.7. The van der Waals surface area contributed by atoms with E-state index in [2.05, 4.69) is 16.0 Å². The van der Waals surface area contributed by atoms with E-state index in [-0.39, 0.29) is 16.9 Å². The van der Waals surface area contributed by atoms with Gasteiger partial charge in [-0.15, -0.1) is 0 Å². The van der Waals surface area contributed by atoms with Gasteiger partial charge in [-0.05, 0) is 66.8 Å². The van der Waals surface area contributed by atoms with E-state index in [0.29, 0.717) is 35.9 Å². The third-order valence-electron chi connectivity index (χ3n) is 4.77. The summed E-state index contributed by atoms with van der Waals surface area (Å²) in [5, 5.41) is 8.63. The SMILES string of the molecule is CC(C)(C)C(=O)Nc1cccc(NC(=S)NC(=O)c2ccc(OCCOc3ccccc3)cc2)c1. The van der Waals surface area contributed by atoms with Crippen molar-refractivity contribution in [1.82, 2.24) is 5.32 Å². The van der Waals surface area contributed by atoms with Crippen LogP contribution in [0.25, 0.3) is 0 Å². The second kappa shape index (κ2) is 12.0. The van der Waals surface area contributed by atoms with Crippen LogP contribution in [0.1, 0.15) is 31.1 Å². The molecule has 0 aliphatic heterocycles. The Bertz CT molecular complexity index is 1160. The summed E-state index contributed by atoms with van der Waals surface area (Å²) in [4.78, 5) is 24.7. The van der Waals surface area contributed by atoms with Gasteiger partial charge in [0.2, 0.25) is 5.91 Å². The molecule has 2 amide bonds. The Morgan fingerprint density at radius 2 is 1.34 bits per heavy atom. The molecule has 3 rings (SSSR count). The predicted octanol–water partition coefficient (Wildman–Crippen LogP) is 5.26. The fraction of sp³-hybridized carbons (Fsp3) is 0.222. The normalized spacial score (nSPS) is 10.7. The van der Waals surface area contributed by atoms with Crippen LogP contribution in [0.3, 0.4) is 0 Å². The Balaban J connectivity index is 1.46. The predicted molar refractivity (Wildman–Crippen MR) is 142 cm³/mol. The molecule has 0 aliphatic carbocycles. The smallest absolute Gasteiger partial charge is 0.257 e. The molecule has 0 saturated heterocycles. The average molecular weight is 492 g/mol. The summed E-state index contributed by atoms with van der Waals surface area (Å²) in [7, 11) is 0. The highest BCUT2D eigenvalue weighted by Gasteiger charge is 2.21.